The third-order valence-electron chi connectivity index (χ3n) is 3.80. The predicted molar refractivity (Wildman–Crippen MR) is 90.5 cm³/mol. The molecule has 0 radical (unpaired) electrons. The average molecular weight is 317 g/mol. The quantitative estimate of drug-likeness (QED) is 0.915. The van der Waals surface area contributed by atoms with Crippen molar-refractivity contribution in [2.75, 3.05) is 7.05 Å². The summed E-state index contributed by atoms with van der Waals surface area (Å²) in [4.78, 5) is 14.3. The Kier molecular flexibility index (Phi) is 5.58. The van der Waals surface area contributed by atoms with E-state index in [1.54, 1.807) is 11.9 Å². The van der Waals surface area contributed by atoms with Gasteiger partial charge in [-0.15, -0.1) is 0 Å². The van der Waals surface area contributed by atoms with Crippen molar-refractivity contribution in [3.63, 3.8) is 0 Å². The zero-order chi connectivity index (χ0) is 16.1. The normalized spacial score (nSPS) is 13.5. The summed E-state index contributed by atoms with van der Waals surface area (Å²) in [5.41, 5.74) is 8.20. The van der Waals surface area contributed by atoms with E-state index in [2.05, 4.69) is 0 Å². The number of halogens is 1. The fourth-order valence-electron chi connectivity index (χ4n) is 2.45. The molecular weight excluding hydrogens is 296 g/mol. The molecule has 0 saturated heterocycles. The number of hydrogen-bond donors (Lipinski definition) is 1. The first-order chi connectivity index (χ1) is 10.5. The van der Waals surface area contributed by atoms with E-state index in [1.807, 2.05) is 61.5 Å². The third-order valence-corrected chi connectivity index (χ3v) is 4.03. The van der Waals surface area contributed by atoms with Crippen LogP contribution in [0.1, 0.15) is 24.1 Å². The van der Waals surface area contributed by atoms with Gasteiger partial charge in [0, 0.05) is 24.7 Å². The van der Waals surface area contributed by atoms with Gasteiger partial charge in [-0.25, -0.2) is 0 Å². The second kappa shape index (κ2) is 7.43. The molecule has 4 heteroatoms. The maximum Gasteiger partial charge on any atom is 0.227 e. The van der Waals surface area contributed by atoms with E-state index in [4.69, 9.17) is 17.3 Å². The van der Waals surface area contributed by atoms with E-state index < -0.39 is 0 Å². The van der Waals surface area contributed by atoms with Gasteiger partial charge in [0.25, 0.3) is 0 Å². The largest absolute Gasteiger partial charge is 0.341 e. The molecule has 2 aromatic carbocycles. The van der Waals surface area contributed by atoms with Crippen LogP contribution in [-0.2, 0) is 11.3 Å². The molecule has 0 saturated carbocycles. The molecule has 116 valence electrons. The Morgan fingerprint density at radius 2 is 1.86 bits per heavy atom. The molecule has 2 rings (SSSR count). The molecule has 0 heterocycles. The Labute approximate surface area is 136 Å². The summed E-state index contributed by atoms with van der Waals surface area (Å²) in [5.74, 6) is -0.261. The van der Waals surface area contributed by atoms with Crippen LogP contribution in [0.3, 0.4) is 0 Å². The van der Waals surface area contributed by atoms with Crippen LogP contribution in [0, 0.1) is 5.92 Å². The van der Waals surface area contributed by atoms with Crippen LogP contribution in [-0.4, -0.2) is 17.9 Å². The van der Waals surface area contributed by atoms with E-state index in [9.17, 15) is 4.79 Å². The van der Waals surface area contributed by atoms with Crippen LogP contribution in [0.15, 0.2) is 54.6 Å². The molecule has 0 aliphatic carbocycles. The van der Waals surface area contributed by atoms with Crippen molar-refractivity contribution in [3.8, 4) is 0 Å². The Hall–Kier alpha value is -1.84. The summed E-state index contributed by atoms with van der Waals surface area (Å²) in [6, 6.07) is 16.9. The minimum absolute atomic E-state index is 0.0244. The lowest BCUT2D eigenvalue weighted by Gasteiger charge is -2.25. The maximum absolute atomic E-state index is 12.6. The number of nitrogens with zero attached hydrogens (tertiary/aromatic N) is 1. The average Bonchev–Trinajstić information content (AvgIpc) is 2.53. The Morgan fingerprint density at radius 1 is 1.18 bits per heavy atom. The third kappa shape index (κ3) is 4.09. The van der Waals surface area contributed by atoms with Gasteiger partial charge in [-0.3, -0.25) is 4.79 Å². The molecule has 22 heavy (non-hydrogen) atoms. The summed E-state index contributed by atoms with van der Waals surface area (Å²) in [5, 5.41) is 0.674. The Morgan fingerprint density at radius 3 is 2.50 bits per heavy atom. The van der Waals surface area contributed by atoms with Gasteiger partial charge in [0.15, 0.2) is 0 Å². The van der Waals surface area contributed by atoms with Gasteiger partial charge < -0.3 is 10.6 Å². The SMILES string of the molecule is CC(C(=O)N(C)Cc1cccc(Cl)c1)C(N)c1ccccc1. The summed E-state index contributed by atoms with van der Waals surface area (Å²) in [7, 11) is 1.79. The molecular formula is C18H21ClN2O. The number of benzene rings is 2. The van der Waals surface area contributed by atoms with Crippen molar-refractivity contribution >= 4 is 17.5 Å². The molecule has 0 fully saturated rings. The van der Waals surface area contributed by atoms with Crippen molar-refractivity contribution in [2.24, 2.45) is 11.7 Å². The minimum Gasteiger partial charge on any atom is -0.341 e. The van der Waals surface area contributed by atoms with Crippen LogP contribution in [0.5, 0.6) is 0 Å². The van der Waals surface area contributed by atoms with Crippen LogP contribution >= 0.6 is 11.6 Å². The second-order valence-corrected chi connectivity index (χ2v) is 5.99. The molecule has 2 N–H and O–H groups in total. The van der Waals surface area contributed by atoms with Gasteiger partial charge in [0.05, 0.1) is 5.92 Å². The highest BCUT2D eigenvalue weighted by Crippen LogP contribution is 2.21. The van der Waals surface area contributed by atoms with E-state index in [1.165, 1.54) is 0 Å². The Balaban J connectivity index is 2.03. The van der Waals surface area contributed by atoms with Gasteiger partial charge in [-0.1, -0.05) is 61.0 Å². The van der Waals surface area contributed by atoms with Crippen molar-refractivity contribution in [1.82, 2.24) is 4.90 Å². The Bertz CT molecular complexity index is 630. The maximum atomic E-state index is 12.6. The molecule has 2 aromatic rings. The highest BCUT2D eigenvalue weighted by molar-refractivity contribution is 6.30. The fourth-order valence-corrected chi connectivity index (χ4v) is 2.67. The molecule has 2 unspecified atom stereocenters. The van der Waals surface area contributed by atoms with Crippen molar-refractivity contribution in [2.45, 2.75) is 19.5 Å². The molecule has 1 amide bonds. The van der Waals surface area contributed by atoms with Crippen molar-refractivity contribution < 1.29 is 4.79 Å². The molecule has 3 nitrogen and oxygen atoms in total. The zero-order valence-electron chi connectivity index (χ0n) is 12.9. The topological polar surface area (TPSA) is 46.3 Å². The lowest BCUT2D eigenvalue weighted by atomic mass is 9.94. The number of carbonyl (C=O) groups is 1. The van der Waals surface area contributed by atoms with E-state index in [-0.39, 0.29) is 17.9 Å². The number of amides is 1. The smallest absolute Gasteiger partial charge is 0.227 e. The number of rotatable bonds is 5. The summed E-state index contributed by atoms with van der Waals surface area (Å²) >= 11 is 5.98. The molecule has 0 aliphatic heterocycles. The van der Waals surface area contributed by atoms with Crippen molar-refractivity contribution in [1.29, 1.82) is 0 Å². The van der Waals surface area contributed by atoms with Crippen LogP contribution < -0.4 is 5.73 Å². The van der Waals surface area contributed by atoms with Crippen LogP contribution in [0.2, 0.25) is 5.02 Å². The number of carbonyl (C=O) groups excluding carboxylic acids is 1. The van der Waals surface area contributed by atoms with Gasteiger partial charge in [-0.05, 0) is 23.3 Å². The second-order valence-electron chi connectivity index (χ2n) is 5.55. The fraction of sp³-hybridized carbons (Fsp3) is 0.278. The van der Waals surface area contributed by atoms with Gasteiger partial charge >= 0.3 is 0 Å². The van der Waals surface area contributed by atoms with Crippen LogP contribution in [0.25, 0.3) is 0 Å². The standard InChI is InChI=1S/C18H21ClN2O/c1-13(17(20)15-8-4-3-5-9-15)18(22)21(2)12-14-7-6-10-16(19)11-14/h3-11,13,17H,12,20H2,1-2H3. The lowest BCUT2D eigenvalue weighted by molar-refractivity contribution is -0.134. The van der Waals surface area contributed by atoms with Crippen molar-refractivity contribution in [3.05, 3.63) is 70.7 Å². The van der Waals surface area contributed by atoms with Crippen LogP contribution in [0.4, 0.5) is 0 Å². The van der Waals surface area contributed by atoms with E-state index >= 15 is 0 Å². The first-order valence-corrected chi connectivity index (χ1v) is 7.67. The highest BCUT2D eigenvalue weighted by atomic mass is 35.5. The molecule has 0 bridgehead atoms. The molecule has 0 aliphatic rings. The molecule has 0 spiro atoms. The van der Waals surface area contributed by atoms with Gasteiger partial charge in [-0.2, -0.15) is 0 Å². The van der Waals surface area contributed by atoms with E-state index in [0.29, 0.717) is 11.6 Å². The highest BCUT2D eigenvalue weighted by Gasteiger charge is 2.24. The summed E-state index contributed by atoms with van der Waals surface area (Å²) < 4.78 is 0. The summed E-state index contributed by atoms with van der Waals surface area (Å²) in [6.45, 7) is 2.39. The first kappa shape index (κ1) is 16.5. The predicted octanol–water partition coefficient (Wildman–Crippen LogP) is 3.63. The monoisotopic (exact) mass is 316 g/mol. The van der Waals surface area contributed by atoms with Gasteiger partial charge in [0.1, 0.15) is 0 Å². The lowest BCUT2D eigenvalue weighted by Crippen LogP contribution is -2.36. The number of nitrogens with two attached hydrogens (primary N) is 1. The first-order valence-electron chi connectivity index (χ1n) is 7.29. The summed E-state index contributed by atoms with van der Waals surface area (Å²) in [6.07, 6.45) is 0. The minimum atomic E-state index is -0.310. The number of hydrogen-bond acceptors (Lipinski definition) is 2. The molecule has 0 aromatic heterocycles. The van der Waals surface area contributed by atoms with E-state index in [0.717, 1.165) is 11.1 Å². The zero-order valence-corrected chi connectivity index (χ0v) is 13.6. The van der Waals surface area contributed by atoms with Gasteiger partial charge in [0.2, 0.25) is 5.91 Å². The molecule has 2 atom stereocenters.